The van der Waals surface area contributed by atoms with E-state index >= 15 is 0 Å². The Morgan fingerprint density at radius 1 is 1.14 bits per heavy atom. The summed E-state index contributed by atoms with van der Waals surface area (Å²) in [6.45, 7) is 3.46. The number of alkyl halides is 2. The first-order chi connectivity index (χ1) is 13.3. The largest absolute Gasteiger partial charge is 0.435 e. The number of aryl methyl sites for hydroxylation is 2. The van der Waals surface area contributed by atoms with E-state index in [0.29, 0.717) is 23.5 Å². The molecular formula is C21H21F2N3O2. The van der Waals surface area contributed by atoms with Crippen molar-refractivity contribution in [3.05, 3.63) is 76.6 Å². The van der Waals surface area contributed by atoms with E-state index in [1.165, 1.54) is 29.8 Å². The molecule has 0 aliphatic rings. The molecule has 0 saturated carbocycles. The predicted octanol–water partition coefficient (Wildman–Crippen LogP) is 4.71. The highest BCUT2D eigenvalue weighted by Gasteiger charge is 2.16. The van der Waals surface area contributed by atoms with Crippen molar-refractivity contribution in [3.8, 4) is 5.75 Å². The smallest absolute Gasteiger partial charge is 0.387 e. The molecule has 0 unspecified atom stereocenters. The Bertz CT molecular complexity index is 982. The molecule has 1 amide bonds. The average molecular weight is 385 g/mol. The predicted molar refractivity (Wildman–Crippen MR) is 103 cm³/mol. The summed E-state index contributed by atoms with van der Waals surface area (Å²) in [5.41, 5.74) is 4.82. The van der Waals surface area contributed by atoms with Gasteiger partial charge < -0.3 is 10.1 Å². The number of ether oxygens (including phenoxy) is 1. The summed E-state index contributed by atoms with van der Waals surface area (Å²) < 4.78 is 30.6. The normalized spacial score (nSPS) is 10.9. The van der Waals surface area contributed by atoms with Gasteiger partial charge in [-0.3, -0.25) is 9.48 Å². The molecule has 1 aromatic heterocycles. The monoisotopic (exact) mass is 385 g/mol. The summed E-state index contributed by atoms with van der Waals surface area (Å²) in [5, 5.41) is 7.39. The molecule has 146 valence electrons. The summed E-state index contributed by atoms with van der Waals surface area (Å²) in [6, 6.07) is 13.7. The van der Waals surface area contributed by atoms with Crippen LogP contribution in [0.2, 0.25) is 0 Å². The van der Waals surface area contributed by atoms with Gasteiger partial charge in [0.15, 0.2) is 0 Å². The van der Waals surface area contributed by atoms with Crippen molar-refractivity contribution in [2.45, 2.75) is 33.9 Å². The fourth-order valence-electron chi connectivity index (χ4n) is 2.99. The molecule has 5 nitrogen and oxygen atoms in total. The van der Waals surface area contributed by atoms with Gasteiger partial charge in [0, 0.05) is 5.56 Å². The molecule has 2 aromatic carbocycles. The Kier molecular flexibility index (Phi) is 5.73. The van der Waals surface area contributed by atoms with Crippen LogP contribution in [0.4, 0.5) is 14.5 Å². The van der Waals surface area contributed by atoms with E-state index in [9.17, 15) is 13.6 Å². The van der Waals surface area contributed by atoms with Crippen LogP contribution in [0, 0.1) is 20.8 Å². The minimum absolute atomic E-state index is 0.00452. The van der Waals surface area contributed by atoms with Gasteiger partial charge in [-0.05, 0) is 50.6 Å². The third-order valence-corrected chi connectivity index (χ3v) is 4.38. The van der Waals surface area contributed by atoms with Crippen molar-refractivity contribution in [2.24, 2.45) is 0 Å². The molecule has 0 aliphatic carbocycles. The fraction of sp³-hybridized carbons (Fsp3) is 0.238. The minimum atomic E-state index is -2.90. The Labute approximate surface area is 161 Å². The van der Waals surface area contributed by atoms with Gasteiger partial charge in [0.1, 0.15) is 5.75 Å². The van der Waals surface area contributed by atoms with Crippen molar-refractivity contribution in [1.29, 1.82) is 0 Å². The molecule has 1 heterocycles. The summed E-state index contributed by atoms with van der Waals surface area (Å²) in [6.07, 6.45) is 0. The number of nitrogens with zero attached hydrogens (tertiary/aromatic N) is 2. The Hall–Kier alpha value is -3.22. The minimum Gasteiger partial charge on any atom is -0.435 e. The Morgan fingerprint density at radius 3 is 2.50 bits per heavy atom. The van der Waals surface area contributed by atoms with E-state index < -0.39 is 6.61 Å². The zero-order chi connectivity index (χ0) is 20.3. The second kappa shape index (κ2) is 8.21. The van der Waals surface area contributed by atoms with E-state index in [1.54, 1.807) is 0 Å². The number of carbonyl (C=O) groups excluding carboxylic acids is 1. The lowest BCUT2D eigenvalue weighted by Crippen LogP contribution is -2.13. The summed E-state index contributed by atoms with van der Waals surface area (Å²) in [5.74, 6) is -0.338. The number of aromatic nitrogens is 2. The van der Waals surface area contributed by atoms with Crippen molar-refractivity contribution in [1.82, 2.24) is 9.78 Å². The number of benzene rings is 2. The SMILES string of the molecule is Cc1cccc(Cn2nc(C)c(NC(=O)c3ccc(OC(F)F)cc3)c2C)c1. The molecule has 0 atom stereocenters. The quantitative estimate of drug-likeness (QED) is 0.669. The summed E-state index contributed by atoms with van der Waals surface area (Å²) >= 11 is 0. The summed E-state index contributed by atoms with van der Waals surface area (Å²) in [7, 11) is 0. The van der Waals surface area contributed by atoms with Gasteiger partial charge in [0.25, 0.3) is 5.91 Å². The van der Waals surface area contributed by atoms with E-state index in [1.807, 2.05) is 43.7 Å². The molecule has 1 N–H and O–H groups in total. The van der Waals surface area contributed by atoms with Crippen LogP contribution in [-0.4, -0.2) is 22.3 Å². The van der Waals surface area contributed by atoms with Gasteiger partial charge >= 0.3 is 6.61 Å². The first-order valence-electron chi connectivity index (χ1n) is 8.79. The molecule has 0 bridgehead atoms. The van der Waals surface area contributed by atoms with Gasteiger partial charge in [0.2, 0.25) is 0 Å². The molecule has 0 radical (unpaired) electrons. The number of carbonyl (C=O) groups is 1. The van der Waals surface area contributed by atoms with Gasteiger partial charge in [-0.2, -0.15) is 13.9 Å². The molecule has 3 aromatic rings. The highest BCUT2D eigenvalue weighted by Crippen LogP contribution is 2.22. The first-order valence-corrected chi connectivity index (χ1v) is 8.79. The Balaban J connectivity index is 1.75. The second-order valence-corrected chi connectivity index (χ2v) is 6.55. The van der Waals surface area contributed by atoms with Crippen LogP contribution in [0.5, 0.6) is 5.75 Å². The van der Waals surface area contributed by atoms with E-state index in [4.69, 9.17) is 0 Å². The lowest BCUT2D eigenvalue weighted by molar-refractivity contribution is -0.0498. The van der Waals surface area contributed by atoms with Crippen LogP contribution in [0.25, 0.3) is 0 Å². The molecule has 28 heavy (non-hydrogen) atoms. The van der Waals surface area contributed by atoms with Crippen molar-refractivity contribution in [3.63, 3.8) is 0 Å². The number of anilines is 1. The number of halogens is 2. The third-order valence-electron chi connectivity index (χ3n) is 4.38. The van der Waals surface area contributed by atoms with Crippen LogP contribution in [0.1, 0.15) is 32.9 Å². The maximum Gasteiger partial charge on any atom is 0.387 e. The highest BCUT2D eigenvalue weighted by molar-refractivity contribution is 6.04. The van der Waals surface area contributed by atoms with Crippen molar-refractivity contribution >= 4 is 11.6 Å². The molecule has 0 spiro atoms. The first kappa shape index (κ1) is 19.5. The van der Waals surface area contributed by atoms with Gasteiger partial charge in [0.05, 0.1) is 23.6 Å². The van der Waals surface area contributed by atoms with Crippen molar-refractivity contribution in [2.75, 3.05) is 5.32 Å². The molecular weight excluding hydrogens is 364 g/mol. The fourth-order valence-corrected chi connectivity index (χ4v) is 2.99. The van der Waals surface area contributed by atoms with Crippen LogP contribution < -0.4 is 10.1 Å². The molecule has 0 saturated heterocycles. The summed E-state index contributed by atoms with van der Waals surface area (Å²) in [4.78, 5) is 12.5. The zero-order valence-corrected chi connectivity index (χ0v) is 15.9. The zero-order valence-electron chi connectivity index (χ0n) is 15.9. The Morgan fingerprint density at radius 2 is 1.86 bits per heavy atom. The standard InChI is InChI=1S/C21H21F2N3O2/c1-13-5-4-6-16(11-13)12-26-15(3)19(14(2)25-26)24-20(27)17-7-9-18(10-8-17)28-21(22)23/h4-11,21H,12H2,1-3H3,(H,24,27). The maximum atomic E-state index is 12.5. The third kappa shape index (κ3) is 4.54. The number of nitrogens with one attached hydrogen (secondary N) is 1. The topological polar surface area (TPSA) is 56.2 Å². The van der Waals surface area contributed by atoms with Crippen LogP contribution in [0.15, 0.2) is 48.5 Å². The molecule has 7 heteroatoms. The molecule has 0 fully saturated rings. The number of hydrogen-bond acceptors (Lipinski definition) is 3. The van der Waals surface area contributed by atoms with E-state index in [-0.39, 0.29) is 11.7 Å². The lowest BCUT2D eigenvalue weighted by Gasteiger charge is -2.09. The van der Waals surface area contributed by atoms with E-state index in [0.717, 1.165) is 11.3 Å². The number of amides is 1. The molecule has 0 aliphatic heterocycles. The second-order valence-electron chi connectivity index (χ2n) is 6.55. The molecule has 3 rings (SSSR count). The number of hydrogen-bond donors (Lipinski definition) is 1. The van der Waals surface area contributed by atoms with Crippen LogP contribution in [0.3, 0.4) is 0 Å². The average Bonchev–Trinajstić information content (AvgIpc) is 2.89. The highest BCUT2D eigenvalue weighted by atomic mass is 19.3. The van der Waals surface area contributed by atoms with Gasteiger partial charge in [-0.1, -0.05) is 29.8 Å². The van der Waals surface area contributed by atoms with Gasteiger partial charge in [-0.25, -0.2) is 0 Å². The van der Waals surface area contributed by atoms with Crippen LogP contribution >= 0.6 is 0 Å². The van der Waals surface area contributed by atoms with Gasteiger partial charge in [-0.15, -0.1) is 0 Å². The van der Waals surface area contributed by atoms with Crippen molar-refractivity contribution < 1.29 is 18.3 Å². The van der Waals surface area contributed by atoms with Crippen LogP contribution in [-0.2, 0) is 6.54 Å². The number of rotatable bonds is 6. The van der Waals surface area contributed by atoms with E-state index in [2.05, 4.69) is 21.2 Å². The maximum absolute atomic E-state index is 12.5. The lowest BCUT2D eigenvalue weighted by atomic mass is 10.1.